The van der Waals surface area contributed by atoms with Gasteiger partial charge in [-0.1, -0.05) is 25.0 Å². The predicted molar refractivity (Wildman–Crippen MR) is 92.9 cm³/mol. The smallest absolute Gasteiger partial charge is 0.248 e. The van der Waals surface area contributed by atoms with Crippen molar-refractivity contribution >= 4 is 16.9 Å². The Bertz CT molecular complexity index is 672. The molecule has 0 radical (unpaired) electrons. The van der Waals surface area contributed by atoms with Crippen molar-refractivity contribution in [3.8, 4) is 0 Å². The number of likely N-dealkylation sites (tertiary alicyclic amines) is 1. The molecule has 1 aliphatic carbocycles. The molecule has 24 heavy (non-hydrogen) atoms. The van der Waals surface area contributed by atoms with Crippen molar-refractivity contribution < 1.29 is 9.53 Å². The number of benzene rings is 1. The predicted octanol–water partition coefficient (Wildman–Crippen LogP) is 3.23. The van der Waals surface area contributed by atoms with Crippen LogP contribution in [0, 0.1) is 0 Å². The number of carbonyl (C=O) groups excluding carboxylic acids is 1. The summed E-state index contributed by atoms with van der Waals surface area (Å²) in [5.41, 5.74) is 2.07. The summed E-state index contributed by atoms with van der Waals surface area (Å²) < 4.78 is 5.79. The number of hydrogen-bond donors (Lipinski definition) is 1. The van der Waals surface area contributed by atoms with Gasteiger partial charge in [0.15, 0.2) is 0 Å². The SMILES string of the molecule is O=C(COC1CCCC1)N1CCC[C@@H](c2nc3ccccc3[nH]2)C1. The minimum Gasteiger partial charge on any atom is -0.368 e. The van der Waals surface area contributed by atoms with E-state index in [1.807, 2.05) is 29.2 Å². The van der Waals surface area contributed by atoms with Crippen molar-refractivity contribution in [3.05, 3.63) is 30.1 Å². The normalized spacial score (nSPS) is 22.3. The highest BCUT2D eigenvalue weighted by Crippen LogP contribution is 2.27. The van der Waals surface area contributed by atoms with Gasteiger partial charge in [0, 0.05) is 19.0 Å². The summed E-state index contributed by atoms with van der Waals surface area (Å²) in [6, 6.07) is 8.09. The van der Waals surface area contributed by atoms with Gasteiger partial charge < -0.3 is 14.6 Å². The molecule has 2 aliphatic rings. The van der Waals surface area contributed by atoms with Crippen LogP contribution >= 0.6 is 0 Å². The Morgan fingerprint density at radius 3 is 2.88 bits per heavy atom. The van der Waals surface area contributed by atoms with E-state index < -0.39 is 0 Å². The van der Waals surface area contributed by atoms with Crippen LogP contribution in [0.2, 0.25) is 0 Å². The Kier molecular flexibility index (Phi) is 4.52. The van der Waals surface area contributed by atoms with Gasteiger partial charge in [0.25, 0.3) is 0 Å². The molecule has 5 heteroatoms. The van der Waals surface area contributed by atoms with E-state index in [-0.39, 0.29) is 12.5 Å². The molecule has 1 saturated heterocycles. The molecule has 5 nitrogen and oxygen atoms in total. The third kappa shape index (κ3) is 3.31. The minimum atomic E-state index is 0.128. The van der Waals surface area contributed by atoms with Crippen LogP contribution in [0.3, 0.4) is 0 Å². The molecule has 1 N–H and O–H groups in total. The van der Waals surface area contributed by atoms with Crippen LogP contribution in [-0.4, -0.2) is 46.6 Å². The number of imidazole rings is 1. The van der Waals surface area contributed by atoms with Crippen molar-refractivity contribution in [1.82, 2.24) is 14.9 Å². The van der Waals surface area contributed by atoms with Crippen LogP contribution in [0.25, 0.3) is 11.0 Å². The number of rotatable bonds is 4. The molecule has 4 rings (SSSR count). The lowest BCUT2D eigenvalue weighted by Crippen LogP contribution is -2.41. The largest absolute Gasteiger partial charge is 0.368 e. The van der Waals surface area contributed by atoms with Gasteiger partial charge in [0.2, 0.25) is 5.91 Å². The molecule has 1 saturated carbocycles. The van der Waals surface area contributed by atoms with Gasteiger partial charge >= 0.3 is 0 Å². The van der Waals surface area contributed by atoms with Crippen LogP contribution in [0.1, 0.15) is 50.3 Å². The van der Waals surface area contributed by atoms with E-state index in [1.165, 1.54) is 12.8 Å². The molecule has 1 aromatic carbocycles. The molecule has 1 aromatic heterocycles. The Morgan fingerprint density at radius 2 is 2.04 bits per heavy atom. The number of carbonyl (C=O) groups is 1. The van der Waals surface area contributed by atoms with Gasteiger partial charge in [-0.3, -0.25) is 4.79 Å². The first-order valence-corrected chi connectivity index (χ1v) is 9.13. The number of nitrogens with one attached hydrogen (secondary N) is 1. The highest BCUT2D eigenvalue weighted by atomic mass is 16.5. The maximum absolute atomic E-state index is 12.5. The second kappa shape index (κ2) is 6.93. The zero-order chi connectivity index (χ0) is 16.4. The maximum Gasteiger partial charge on any atom is 0.248 e. The number of hydrogen-bond acceptors (Lipinski definition) is 3. The first-order valence-electron chi connectivity index (χ1n) is 9.13. The van der Waals surface area contributed by atoms with E-state index in [0.29, 0.717) is 12.0 Å². The van der Waals surface area contributed by atoms with Crippen molar-refractivity contribution in [2.24, 2.45) is 0 Å². The zero-order valence-corrected chi connectivity index (χ0v) is 14.0. The van der Waals surface area contributed by atoms with Gasteiger partial charge in [-0.15, -0.1) is 0 Å². The number of aromatic amines is 1. The van der Waals surface area contributed by atoms with Gasteiger partial charge in [0.05, 0.1) is 17.1 Å². The van der Waals surface area contributed by atoms with E-state index in [9.17, 15) is 4.79 Å². The molecule has 2 aromatic rings. The van der Waals surface area contributed by atoms with Crippen molar-refractivity contribution in [2.75, 3.05) is 19.7 Å². The number of nitrogens with zero attached hydrogens (tertiary/aromatic N) is 2. The Morgan fingerprint density at radius 1 is 1.21 bits per heavy atom. The quantitative estimate of drug-likeness (QED) is 0.938. The number of amides is 1. The van der Waals surface area contributed by atoms with Crippen LogP contribution in [-0.2, 0) is 9.53 Å². The average Bonchev–Trinajstić information content (AvgIpc) is 3.29. The van der Waals surface area contributed by atoms with E-state index >= 15 is 0 Å². The zero-order valence-electron chi connectivity index (χ0n) is 14.0. The molecule has 1 aliphatic heterocycles. The number of fused-ring (bicyclic) bond motifs is 1. The highest BCUT2D eigenvalue weighted by Gasteiger charge is 2.27. The molecule has 0 spiro atoms. The second-order valence-electron chi connectivity index (χ2n) is 7.04. The number of ether oxygens (including phenoxy) is 1. The van der Waals surface area contributed by atoms with Crippen molar-refractivity contribution in [2.45, 2.75) is 50.5 Å². The molecule has 1 atom stereocenters. The molecule has 0 unspecified atom stereocenters. The lowest BCUT2D eigenvalue weighted by Gasteiger charge is -2.32. The molecule has 2 fully saturated rings. The number of piperidine rings is 1. The Balaban J connectivity index is 1.38. The molecular weight excluding hydrogens is 302 g/mol. The standard InChI is InChI=1S/C19H25N3O2/c23-18(13-24-15-7-1-2-8-15)22-11-5-6-14(12-22)19-20-16-9-3-4-10-17(16)21-19/h3-4,9-10,14-15H,1-2,5-8,11-13H2,(H,20,21)/t14-/m1/s1. The fourth-order valence-corrected chi connectivity index (χ4v) is 3.93. The fourth-order valence-electron chi connectivity index (χ4n) is 3.93. The van der Waals surface area contributed by atoms with Gasteiger partial charge in [-0.25, -0.2) is 4.98 Å². The Labute approximate surface area is 142 Å². The van der Waals surface area contributed by atoms with Gasteiger partial charge in [0.1, 0.15) is 12.4 Å². The number of para-hydroxylation sites is 2. The summed E-state index contributed by atoms with van der Waals surface area (Å²) >= 11 is 0. The Hall–Kier alpha value is -1.88. The average molecular weight is 327 g/mol. The number of aromatic nitrogens is 2. The summed E-state index contributed by atoms with van der Waals surface area (Å²) in [6.07, 6.45) is 7.08. The molecule has 2 heterocycles. The van der Waals surface area contributed by atoms with Crippen LogP contribution < -0.4 is 0 Å². The fraction of sp³-hybridized carbons (Fsp3) is 0.579. The van der Waals surface area contributed by atoms with E-state index in [2.05, 4.69) is 4.98 Å². The van der Waals surface area contributed by atoms with Gasteiger partial charge in [-0.05, 0) is 37.8 Å². The number of H-pyrrole nitrogens is 1. The van der Waals surface area contributed by atoms with E-state index in [1.54, 1.807) is 0 Å². The summed E-state index contributed by atoms with van der Waals surface area (Å²) in [5.74, 6) is 1.43. The van der Waals surface area contributed by atoms with Crippen molar-refractivity contribution in [3.63, 3.8) is 0 Å². The second-order valence-corrected chi connectivity index (χ2v) is 7.04. The molecule has 0 bridgehead atoms. The third-order valence-electron chi connectivity index (χ3n) is 5.31. The van der Waals surface area contributed by atoms with Crippen LogP contribution in [0.5, 0.6) is 0 Å². The lowest BCUT2D eigenvalue weighted by atomic mass is 9.97. The molecule has 128 valence electrons. The van der Waals surface area contributed by atoms with Crippen LogP contribution in [0.15, 0.2) is 24.3 Å². The minimum absolute atomic E-state index is 0.128. The van der Waals surface area contributed by atoms with Crippen LogP contribution in [0.4, 0.5) is 0 Å². The van der Waals surface area contributed by atoms with Gasteiger partial charge in [-0.2, -0.15) is 0 Å². The first kappa shape index (κ1) is 15.6. The molecule has 1 amide bonds. The summed E-state index contributed by atoms with van der Waals surface area (Å²) in [5, 5.41) is 0. The van der Waals surface area contributed by atoms with E-state index in [0.717, 1.165) is 55.6 Å². The van der Waals surface area contributed by atoms with E-state index in [4.69, 9.17) is 9.72 Å². The third-order valence-corrected chi connectivity index (χ3v) is 5.31. The summed E-state index contributed by atoms with van der Waals surface area (Å²) in [4.78, 5) is 22.6. The highest BCUT2D eigenvalue weighted by molar-refractivity contribution is 5.78. The first-order chi connectivity index (χ1) is 11.8. The maximum atomic E-state index is 12.5. The summed E-state index contributed by atoms with van der Waals surface area (Å²) in [7, 11) is 0. The molecular formula is C19H25N3O2. The summed E-state index contributed by atoms with van der Waals surface area (Å²) in [6.45, 7) is 1.81. The lowest BCUT2D eigenvalue weighted by molar-refractivity contribution is -0.139. The monoisotopic (exact) mass is 327 g/mol. The van der Waals surface area contributed by atoms with Crippen molar-refractivity contribution in [1.29, 1.82) is 0 Å². The topological polar surface area (TPSA) is 58.2 Å².